The molecule has 6 heteroatoms. The minimum atomic E-state index is -0.417. The van der Waals surface area contributed by atoms with Crippen molar-refractivity contribution in [1.29, 1.82) is 0 Å². The van der Waals surface area contributed by atoms with Crippen molar-refractivity contribution in [3.05, 3.63) is 114 Å². The van der Waals surface area contributed by atoms with E-state index in [9.17, 15) is 9.90 Å². The summed E-state index contributed by atoms with van der Waals surface area (Å²) in [6.45, 7) is 15.3. The van der Waals surface area contributed by atoms with Gasteiger partial charge in [-0.25, -0.2) is 0 Å². The second-order valence-electron chi connectivity index (χ2n) is 14.2. The minimum absolute atomic E-state index is 0. The summed E-state index contributed by atoms with van der Waals surface area (Å²) in [6.07, 6.45) is 3.18. The van der Waals surface area contributed by atoms with E-state index in [0.717, 1.165) is 77.4 Å². The Hall–Kier alpha value is -4.51. The normalized spacial score (nSPS) is 12.3. The van der Waals surface area contributed by atoms with Crippen LogP contribution in [0, 0.1) is 30.7 Å². The fourth-order valence-corrected chi connectivity index (χ4v) is 5.57. The molecule has 1 N–H and O–H groups in total. The van der Waals surface area contributed by atoms with Crippen molar-refractivity contribution in [2.75, 3.05) is 0 Å². The predicted molar refractivity (Wildman–Crippen MR) is 193 cm³/mol. The first-order chi connectivity index (χ1) is 22.2. The van der Waals surface area contributed by atoms with Crippen molar-refractivity contribution in [1.82, 2.24) is 4.98 Å². The number of allylic oxidation sites excluding steroid dienone is 2. The molecule has 3 aromatic heterocycles. The van der Waals surface area contributed by atoms with Gasteiger partial charge in [-0.1, -0.05) is 84.0 Å². The van der Waals surface area contributed by atoms with E-state index < -0.39 is 5.41 Å². The van der Waals surface area contributed by atoms with Gasteiger partial charge < -0.3 is 18.9 Å². The number of nitrogens with zero attached hydrogens (tertiary/aromatic N) is 1. The van der Waals surface area contributed by atoms with E-state index in [1.807, 2.05) is 78.1 Å². The summed E-state index contributed by atoms with van der Waals surface area (Å²) < 4.78 is 13.1. The first kappa shape index (κ1) is 34.8. The third-order valence-corrected chi connectivity index (χ3v) is 8.45. The summed E-state index contributed by atoms with van der Waals surface area (Å²) in [4.78, 5) is 16.1. The molecule has 0 aliphatic carbocycles. The van der Waals surface area contributed by atoms with Crippen LogP contribution in [-0.2, 0) is 24.9 Å². The van der Waals surface area contributed by atoms with Gasteiger partial charge in [-0.3, -0.25) is 4.79 Å². The van der Waals surface area contributed by atoms with Gasteiger partial charge in [0.05, 0.1) is 5.56 Å². The SMILES string of the molecule is CC(C)(C)C(=O)/C=C(\O)C(C)(C)C.Cc1cccc2c1oc1c(-c3ccnc(-c4[c-]cccc4)c3)c3oc4c(C)cccc4c3cc12.[Ir]. The van der Waals surface area contributed by atoms with Gasteiger partial charge in [0, 0.05) is 64.8 Å². The summed E-state index contributed by atoms with van der Waals surface area (Å²) >= 11 is 0. The van der Waals surface area contributed by atoms with Crippen molar-refractivity contribution in [2.24, 2.45) is 10.8 Å². The van der Waals surface area contributed by atoms with Crippen LogP contribution in [0.15, 0.2) is 106 Å². The molecular weight excluding hydrogens is 775 g/mol. The van der Waals surface area contributed by atoms with Crippen LogP contribution in [0.1, 0.15) is 52.7 Å². The molecule has 4 aromatic carbocycles. The van der Waals surface area contributed by atoms with E-state index in [1.54, 1.807) is 0 Å². The second-order valence-corrected chi connectivity index (χ2v) is 14.2. The first-order valence-corrected chi connectivity index (χ1v) is 15.9. The third-order valence-electron chi connectivity index (χ3n) is 8.45. The monoisotopic (exact) mass is 815 g/mol. The Kier molecular flexibility index (Phi) is 9.56. The zero-order valence-corrected chi connectivity index (χ0v) is 31.0. The van der Waals surface area contributed by atoms with Gasteiger partial charge in [-0.05, 0) is 48.4 Å². The average molecular weight is 815 g/mol. The van der Waals surface area contributed by atoms with Crippen LogP contribution in [0.2, 0.25) is 0 Å². The summed E-state index contributed by atoms with van der Waals surface area (Å²) in [7, 11) is 0. The number of aliphatic hydroxyl groups excluding tert-OH is 1. The molecule has 48 heavy (non-hydrogen) atoms. The Morgan fingerprint density at radius 1 is 0.729 bits per heavy atom. The Morgan fingerprint density at radius 3 is 1.81 bits per heavy atom. The maximum absolute atomic E-state index is 11.5. The van der Waals surface area contributed by atoms with Crippen LogP contribution in [-0.4, -0.2) is 15.9 Å². The quantitative estimate of drug-likeness (QED) is 0.109. The van der Waals surface area contributed by atoms with E-state index in [4.69, 9.17) is 8.83 Å². The zero-order chi connectivity index (χ0) is 33.7. The van der Waals surface area contributed by atoms with Crippen LogP contribution in [0.5, 0.6) is 0 Å². The fourth-order valence-electron chi connectivity index (χ4n) is 5.57. The summed E-state index contributed by atoms with van der Waals surface area (Å²) in [5.74, 6) is 0.104. The number of carbonyl (C=O) groups excluding carboxylic acids is 1. The summed E-state index contributed by atoms with van der Waals surface area (Å²) in [5.41, 5.74) is 8.75. The van der Waals surface area contributed by atoms with E-state index in [-0.39, 0.29) is 37.1 Å². The first-order valence-electron chi connectivity index (χ1n) is 15.9. The number of benzene rings is 4. The second kappa shape index (κ2) is 13.2. The van der Waals surface area contributed by atoms with Gasteiger partial charge in [0.2, 0.25) is 0 Å². The molecule has 0 aliphatic heterocycles. The molecule has 5 nitrogen and oxygen atoms in total. The molecule has 0 spiro atoms. The van der Waals surface area contributed by atoms with Gasteiger partial charge in [-0.2, -0.15) is 0 Å². The number of hydrogen-bond donors (Lipinski definition) is 1. The van der Waals surface area contributed by atoms with Gasteiger partial charge >= 0.3 is 0 Å². The number of aliphatic hydroxyl groups is 1. The van der Waals surface area contributed by atoms with Crippen LogP contribution in [0.3, 0.4) is 0 Å². The van der Waals surface area contributed by atoms with Gasteiger partial charge in [0.15, 0.2) is 5.78 Å². The van der Waals surface area contributed by atoms with Gasteiger partial charge in [0.25, 0.3) is 0 Å². The topological polar surface area (TPSA) is 76.5 Å². The van der Waals surface area contributed by atoms with Crippen molar-refractivity contribution < 1.29 is 38.8 Å². The zero-order valence-electron chi connectivity index (χ0n) is 28.6. The van der Waals surface area contributed by atoms with E-state index in [2.05, 4.69) is 73.4 Å². The van der Waals surface area contributed by atoms with Crippen molar-refractivity contribution >= 4 is 49.7 Å². The van der Waals surface area contributed by atoms with E-state index >= 15 is 0 Å². The van der Waals surface area contributed by atoms with Gasteiger partial charge in [0.1, 0.15) is 28.1 Å². The molecule has 0 amide bonds. The molecule has 7 aromatic rings. The maximum Gasteiger partial charge on any atom is 0.164 e. The minimum Gasteiger partial charge on any atom is -0.512 e. The molecule has 247 valence electrons. The predicted octanol–water partition coefficient (Wildman–Crippen LogP) is 11.7. The van der Waals surface area contributed by atoms with Crippen LogP contribution >= 0.6 is 0 Å². The molecule has 0 saturated heterocycles. The molecule has 0 fully saturated rings. The van der Waals surface area contributed by atoms with Gasteiger partial charge in [-0.15, -0.1) is 35.9 Å². The number of aromatic nitrogens is 1. The number of hydrogen-bond acceptors (Lipinski definition) is 5. The van der Waals surface area contributed by atoms with Crippen LogP contribution in [0.4, 0.5) is 0 Å². The number of carbonyl (C=O) groups is 1. The molecule has 0 bridgehead atoms. The largest absolute Gasteiger partial charge is 0.512 e. The Balaban J connectivity index is 0.000000277. The van der Waals surface area contributed by atoms with Crippen molar-refractivity contribution in [3.8, 4) is 22.4 Å². The number of para-hydroxylation sites is 2. The Bertz CT molecular complexity index is 2220. The molecule has 0 unspecified atom stereocenters. The number of pyridine rings is 1. The summed E-state index contributed by atoms with van der Waals surface area (Å²) in [5, 5.41) is 14.0. The molecule has 0 aliphatic rings. The number of ketones is 1. The summed E-state index contributed by atoms with van der Waals surface area (Å²) in [6, 6.07) is 30.1. The molecule has 3 heterocycles. The number of fused-ring (bicyclic) bond motifs is 6. The molecule has 0 atom stereocenters. The third kappa shape index (κ3) is 6.60. The van der Waals surface area contributed by atoms with Crippen LogP contribution in [0.25, 0.3) is 66.3 Å². The number of rotatable bonds is 3. The van der Waals surface area contributed by atoms with Crippen molar-refractivity contribution in [3.63, 3.8) is 0 Å². The maximum atomic E-state index is 11.5. The molecule has 1 radical (unpaired) electrons. The number of aryl methyl sites for hydroxylation is 2. The van der Waals surface area contributed by atoms with Crippen LogP contribution < -0.4 is 0 Å². The number of furan rings is 2. The standard InChI is InChI=1S/C31H20NO2.C11H20O2.Ir/c1-18-8-6-12-22-24-17-25-23-13-7-9-19(2)29(23)34-31(25)27(30(24)33-28(18)22)21-14-15-32-26(16-21)20-10-4-3-5-11-20;1-10(2,3)8(12)7-9(13)11(4,5)6;/h3-10,12-17H,1-2H3;7,12H,1-6H3;/q-1;;/b;8-7-;. The Morgan fingerprint density at radius 2 is 1.31 bits per heavy atom. The van der Waals surface area contributed by atoms with E-state index in [0.29, 0.717) is 0 Å². The molecule has 7 rings (SSSR count). The molecular formula is C42H40IrNO4-. The smallest absolute Gasteiger partial charge is 0.164 e. The average Bonchev–Trinajstić information content (AvgIpc) is 3.60. The Labute approximate surface area is 295 Å². The molecule has 0 saturated carbocycles. The fraction of sp³-hybridized carbons (Fsp3) is 0.238. The van der Waals surface area contributed by atoms with E-state index in [1.165, 1.54) is 6.08 Å². The van der Waals surface area contributed by atoms with Crippen molar-refractivity contribution in [2.45, 2.75) is 55.4 Å².